The molecule has 94 valence electrons. The van der Waals surface area contributed by atoms with Crippen LogP contribution in [0.25, 0.3) is 0 Å². The van der Waals surface area contributed by atoms with Crippen LogP contribution in [0.1, 0.15) is 18.9 Å². The summed E-state index contributed by atoms with van der Waals surface area (Å²) in [7, 11) is 1.86. The van der Waals surface area contributed by atoms with Crippen LogP contribution in [0.3, 0.4) is 0 Å². The van der Waals surface area contributed by atoms with E-state index in [0.29, 0.717) is 5.95 Å². The van der Waals surface area contributed by atoms with Gasteiger partial charge in [-0.3, -0.25) is 0 Å². The Morgan fingerprint density at radius 3 is 3.12 bits per heavy atom. The molecule has 2 rings (SSSR count). The summed E-state index contributed by atoms with van der Waals surface area (Å²) in [6, 6.07) is 0. The van der Waals surface area contributed by atoms with Crippen molar-refractivity contribution in [2.75, 3.05) is 36.1 Å². The van der Waals surface area contributed by atoms with E-state index in [9.17, 15) is 0 Å². The van der Waals surface area contributed by atoms with Gasteiger partial charge in [0.25, 0.3) is 0 Å². The molecule has 1 fully saturated rings. The molecule has 1 saturated heterocycles. The maximum atomic E-state index is 4.58. The van der Waals surface area contributed by atoms with Crippen LogP contribution >= 0.6 is 11.8 Å². The first-order valence-corrected chi connectivity index (χ1v) is 7.17. The summed E-state index contributed by atoms with van der Waals surface area (Å²) in [6.45, 7) is 6.52. The second kappa shape index (κ2) is 5.58. The highest BCUT2D eigenvalue weighted by Gasteiger charge is 2.21. The van der Waals surface area contributed by atoms with E-state index in [0.717, 1.165) is 29.7 Å². The van der Waals surface area contributed by atoms with E-state index in [1.165, 1.54) is 12.2 Å². The van der Waals surface area contributed by atoms with Crippen molar-refractivity contribution < 1.29 is 0 Å². The van der Waals surface area contributed by atoms with Crippen LogP contribution in [-0.4, -0.2) is 41.1 Å². The summed E-state index contributed by atoms with van der Waals surface area (Å²) in [4.78, 5) is 11.2. The van der Waals surface area contributed by atoms with Gasteiger partial charge in [-0.2, -0.15) is 16.7 Å². The van der Waals surface area contributed by atoms with Crippen LogP contribution in [0.5, 0.6) is 0 Å². The van der Waals surface area contributed by atoms with Crippen molar-refractivity contribution in [3.8, 4) is 0 Å². The van der Waals surface area contributed by atoms with Gasteiger partial charge in [-0.1, -0.05) is 6.92 Å². The summed E-state index contributed by atoms with van der Waals surface area (Å²) in [6.07, 6.45) is 3.13. The van der Waals surface area contributed by atoms with Crippen molar-refractivity contribution in [1.82, 2.24) is 9.97 Å². The molecule has 0 bridgehead atoms. The Balaban J connectivity index is 2.20. The number of aryl methyl sites for hydroxylation is 1. The predicted molar refractivity (Wildman–Crippen MR) is 75.1 cm³/mol. The molecular formula is C12H20N4S. The molecule has 1 atom stereocenters. The number of nitrogens with one attached hydrogen (secondary N) is 1. The molecular weight excluding hydrogens is 232 g/mol. The molecule has 0 radical (unpaired) electrons. The van der Waals surface area contributed by atoms with Gasteiger partial charge in [-0.15, -0.1) is 0 Å². The van der Waals surface area contributed by atoms with Gasteiger partial charge < -0.3 is 10.2 Å². The molecule has 2 heterocycles. The first kappa shape index (κ1) is 12.5. The number of thioether (sulfide) groups is 1. The Hall–Kier alpha value is -0.970. The average molecular weight is 252 g/mol. The lowest BCUT2D eigenvalue weighted by molar-refractivity contribution is 0.717. The predicted octanol–water partition coefficient (Wildman–Crippen LogP) is 2.16. The topological polar surface area (TPSA) is 41.1 Å². The van der Waals surface area contributed by atoms with Gasteiger partial charge >= 0.3 is 0 Å². The van der Waals surface area contributed by atoms with Crippen molar-refractivity contribution in [1.29, 1.82) is 0 Å². The third-order valence-corrected chi connectivity index (χ3v) is 4.43. The minimum atomic E-state index is 0.705. The molecule has 1 unspecified atom stereocenters. The van der Waals surface area contributed by atoms with Crippen LogP contribution in [-0.2, 0) is 0 Å². The van der Waals surface area contributed by atoms with E-state index < -0.39 is 0 Å². The molecule has 0 saturated carbocycles. The van der Waals surface area contributed by atoms with E-state index in [2.05, 4.69) is 45.8 Å². The first-order chi connectivity index (χ1) is 8.24. The van der Waals surface area contributed by atoms with Crippen LogP contribution in [0, 0.1) is 6.92 Å². The fraction of sp³-hybridized carbons (Fsp3) is 0.667. The standard InChI is InChI=1S/C12H20N4S/c1-4-10-8-16(5-6-17-10)11-9(2)7-14-12(13-3)15-11/h7,10H,4-6,8H2,1-3H3,(H,13,14,15). The van der Waals surface area contributed by atoms with Gasteiger partial charge in [0.05, 0.1) is 0 Å². The third-order valence-electron chi connectivity index (χ3n) is 3.06. The van der Waals surface area contributed by atoms with Crippen LogP contribution in [0.4, 0.5) is 11.8 Å². The molecule has 17 heavy (non-hydrogen) atoms. The molecule has 1 aromatic rings. The zero-order chi connectivity index (χ0) is 12.3. The summed E-state index contributed by atoms with van der Waals surface area (Å²) >= 11 is 2.08. The molecule has 4 nitrogen and oxygen atoms in total. The van der Waals surface area contributed by atoms with Gasteiger partial charge in [0.2, 0.25) is 5.95 Å². The Kier molecular flexibility index (Phi) is 4.10. The van der Waals surface area contributed by atoms with Gasteiger partial charge in [0.1, 0.15) is 5.82 Å². The van der Waals surface area contributed by atoms with Gasteiger partial charge in [-0.05, 0) is 13.3 Å². The Labute approximate surface area is 107 Å². The lowest BCUT2D eigenvalue weighted by Crippen LogP contribution is -2.38. The smallest absolute Gasteiger partial charge is 0.224 e. The quantitative estimate of drug-likeness (QED) is 0.893. The number of aromatic nitrogens is 2. The molecule has 1 aromatic heterocycles. The molecule has 1 aliphatic heterocycles. The molecule has 0 amide bonds. The zero-order valence-corrected chi connectivity index (χ0v) is 11.5. The lowest BCUT2D eigenvalue weighted by atomic mass is 10.2. The molecule has 1 N–H and O–H groups in total. The summed E-state index contributed by atoms with van der Waals surface area (Å²) < 4.78 is 0. The number of nitrogens with zero attached hydrogens (tertiary/aromatic N) is 3. The molecule has 0 aromatic carbocycles. The summed E-state index contributed by atoms with van der Waals surface area (Å²) in [5, 5.41) is 3.74. The number of hydrogen-bond donors (Lipinski definition) is 1. The fourth-order valence-corrected chi connectivity index (χ4v) is 3.21. The highest BCUT2D eigenvalue weighted by Crippen LogP contribution is 2.26. The molecule has 1 aliphatic rings. The second-order valence-corrected chi connectivity index (χ2v) is 5.71. The monoisotopic (exact) mass is 252 g/mol. The lowest BCUT2D eigenvalue weighted by Gasteiger charge is -2.33. The SMILES string of the molecule is CCC1CN(c2nc(NC)ncc2C)CCS1. The summed E-state index contributed by atoms with van der Waals surface area (Å²) in [5.41, 5.74) is 1.16. The normalized spacial score (nSPS) is 20.4. The highest BCUT2D eigenvalue weighted by molar-refractivity contribution is 8.00. The van der Waals surface area contributed by atoms with Crippen molar-refractivity contribution in [3.05, 3.63) is 11.8 Å². The van der Waals surface area contributed by atoms with E-state index in [1.54, 1.807) is 0 Å². The van der Waals surface area contributed by atoms with Gasteiger partial charge in [0.15, 0.2) is 0 Å². The Morgan fingerprint density at radius 1 is 1.59 bits per heavy atom. The fourth-order valence-electron chi connectivity index (χ4n) is 2.03. The van der Waals surface area contributed by atoms with Gasteiger partial charge in [-0.25, -0.2) is 4.98 Å². The third kappa shape index (κ3) is 2.83. The van der Waals surface area contributed by atoms with Crippen molar-refractivity contribution in [3.63, 3.8) is 0 Å². The van der Waals surface area contributed by atoms with Crippen LogP contribution in [0.15, 0.2) is 6.20 Å². The van der Waals surface area contributed by atoms with E-state index >= 15 is 0 Å². The van der Waals surface area contributed by atoms with E-state index in [4.69, 9.17) is 0 Å². The highest BCUT2D eigenvalue weighted by atomic mass is 32.2. The largest absolute Gasteiger partial charge is 0.357 e. The van der Waals surface area contributed by atoms with Crippen LogP contribution < -0.4 is 10.2 Å². The van der Waals surface area contributed by atoms with Gasteiger partial charge in [0, 0.05) is 42.9 Å². The Bertz CT molecular complexity index is 383. The van der Waals surface area contributed by atoms with E-state index in [1.807, 2.05) is 13.2 Å². The maximum absolute atomic E-state index is 4.58. The number of rotatable bonds is 3. The van der Waals surface area contributed by atoms with Crippen molar-refractivity contribution >= 4 is 23.5 Å². The average Bonchev–Trinajstić information content (AvgIpc) is 2.39. The van der Waals surface area contributed by atoms with Crippen LogP contribution in [0.2, 0.25) is 0 Å². The first-order valence-electron chi connectivity index (χ1n) is 6.12. The molecule has 0 spiro atoms. The van der Waals surface area contributed by atoms with E-state index in [-0.39, 0.29) is 0 Å². The minimum Gasteiger partial charge on any atom is -0.357 e. The maximum Gasteiger partial charge on any atom is 0.224 e. The number of anilines is 2. The second-order valence-electron chi connectivity index (χ2n) is 4.30. The number of hydrogen-bond acceptors (Lipinski definition) is 5. The van der Waals surface area contributed by atoms with Crippen molar-refractivity contribution in [2.45, 2.75) is 25.5 Å². The zero-order valence-electron chi connectivity index (χ0n) is 10.7. The molecule has 5 heteroatoms. The molecule has 0 aliphatic carbocycles. The van der Waals surface area contributed by atoms with Crippen molar-refractivity contribution in [2.24, 2.45) is 0 Å². The minimum absolute atomic E-state index is 0.705. The Morgan fingerprint density at radius 2 is 2.41 bits per heavy atom. The summed E-state index contributed by atoms with van der Waals surface area (Å²) in [5.74, 6) is 2.98.